The van der Waals surface area contributed by atoms with Crippen molar-refractivity contribution in [1.29, 1.82) is 0 Å². The third kappa shape index (κ3) is 4.93. The van der Waals surface area contributed by atoms with Gasteiger partial charge in [-0.05, 0) is 55.5 Å². The van der Waals surface area contributed by atoms with E-state index in [1.165, 1.54) is 22.4 Å². The summed E-state index contributed by atoms with van der Waals surface area (Å²) in [6, 6.07) is 15.1. The average molecular weight is 380 g/mol. The Kier molecular flexibility index (Phi) is 6.74. The zero-order valence-electron chi connectivity index (χ0n) is 17.7. The maximum atomic E-state index is 12.5. The first-order valence-corrected chi connectivity index (χ1v) is 10.4. The van der Waals surface area contributed by atoms with Gasteiger partial charge in [-0.3, -0.25) is 9.69 Å². The number of rotatable bonds is 6. The highest BCUT2D eigenvalue weighted by atomic mass is 16.2. The van der Waals surface area contributed by atoms with Gasteiger partial charge in [0.2, 0.25) is 5.91 Å². The number of hydrogen-bond donors (Lipinski definition) is 1. The van der Waals surface area contributed by atoms with E-state index < -0.39 is 0 Å². The van der Waals surface area contributed by atoms with Crippen molar-refractivity contribution < 1.29 is 4.79 Å². The van der Waals surface area contributed by atoms with Crippen molar-refractivity contribution in [3.63, 3.8) is 0 Å². The van der Waals surface area contributed by atoms with E-state index in [0.29, 0.717) is 6.54 Å². The van der Waals surface area contributed by atoms with Crippen LogP contribution in [0.4, 0.5) is 5.69 Å². The third-order valence-electron chi connectivity index (χ3n) is 5.92. The molecule has 0 saturated carbocycles. The molecule has 4 heteroatoms. The summed E-state index contributed by atoms with van der Waals surface area (Å²) in [5.41, 5.74) is 6.50. The number of anilines is 1. The molecule has 0 aliphatic carbocycles. The summed E-state index contributed by atoms with van der Waals surface area (Å²) < 4.78 is 0. The Balaban J connectivity index is 1.48. The van der Waals surface area contributed by atoms with E-state index in [1.807, 2.05) is 0 Å². The Morgan fingerprint density at radius 3 is 2.36 bits per heavy atom. The van der Waals surface area contributed by atoms with Crippen molar-refractivity contribution >= 4 is 11.6 Å². The molecule has 1 atom stereocenters. The van der Waals surface area contributed by atoms with Crippen LogP contribution in [0.2, 0.25) is 0 Å². The smallest absolute Gasteiger partial charge is 0.234 e. The van der Waals surface area contributed by atoms with Gasteiger partial charge in [0, 0.05) is 31.9 Å². The van der Waals surface area contributed by atoms with Crippen molar-refractivity contribution in [3.8, 4) is 0 Å². The number of piperazine rings is 1. The van der Waals surface area contributed by atoms with Gasteiger partial charge in [0.05, 0.1) is 12.6 Å². The van der Waals surface area contributed by atoms with Crippen LogP contribution in [-0.4, -0.2) is 43.5 Å². The summed E-state index contributed by atoms with van der Waals surface area (Å²) in [5, 5.41) is 3.15. The summed E-state index contributed by atoms with van der Waals surface area (Å²) in [6.07, 6.45) is 1.04. The Labute approximate surface area is 169 Å². The largest absolute Gasteiger partial charge is 0.369 e. The lowest BCUT2D eigenvalue weighted by Gasteiger charge is -2.36. The minimum Gasteiger partial charge on any atom is -0.369 e. The molecular formula is C24H33N3O. The van der Waals surface area contributed by atoms with Crippen molar-refractivity contribution in [1.82, 2.24) is 10.2 Å². The second kappa shape index (κ2) is 9.24. The van der Waals surface area contributed by atoms with Gasteiger partial charge in [-0.15, -0.1) is 0 Å². The quantitative estimate of drug-likeness (QED) is 0.828. The Hall–Kier alpha value is -2.33. The van der Waals surface area contributed by atoms with Crippen molar-refractivity contribution in [3.05, 3.63) is 64.7 Å². The van der Waals surface area contributed by atoms with Gasteiger partial charge < -0.3 is 10.2 Å². The minimum absolute atomic E-state index is 0.0367. The maximum absolute atomic E-state index is 12.5. The fourth-order valence-electron chi connectivity index (χ4n) is 3.84. The molecule has 0 aromatic heterocycles. The van der Waals surface area contributed by atoms with Crippen molar-refractivity contribution in [2.75, 3.05) is 37.6 Å². The van der Waals surface area contributed by atoms with E-state index in [-0.39, 0.29) is 11.9 Å². The predicted molar refractivity (Wildman–Crippen MR) is 117 cm³/mol. The van der Waals surface area contributed by atoms with E-state index >= 15 is 0 Å². The van der Waals surface area contributed by atoms with Crippen LogP contribution in [-0.2, 0) is 11.2 Å². The summed E-state index contributed by atoms with van der Waals surface area (Å²) in [5.74, 6) is 0.104. The Morgan fingerprint density at radius 1 is 1.04 bits per heavy atom. The molecule has 1 aliphatic rings. The summed E-state index contributed by atoms with van der Waals surface area (Å²) in [7, 11) is 0. The average Bonchev–Trinajstić information content (AvgIpc) is 2.71. The van der Waals surface area contributed by atoms with Gasteiger partial charge in [-0.25, -0.2) is 0 Å². The molecule has 1 N–H and O–H groups in total. The van der Waals surface area contributed by atoms with Crippen LogP contribution in [0.25, 0.3) is 0 Å². The molecule has 3 rings (SSSR count). The standard InChI is InChI=1S/C24H33N3O/c1-5-21-9-11-22(12-10-21)20(4)25-24(28)17-26-13-15-27(16-14-26)23-8-6-7-18(2)19(23)3/h6-12,20H,5,13-17H2,1-4H3,(H,25,28)/t20-/m1/s1. The van der Waals surface area contributed by atoms with Gasteiger partial charge in [-0.2, -0.15) is 0 Å². The number of benzene rings is 2. The van der Waals surface area contributed by atoms with Crippen LogP contribution in [0.3, 0.4) is 0 Å². The highest BCUT2D eigenvalue weighted by Crippen LogP contribution is 2.23. The molecule has 1 amide bonds. The fourth-order valence-corrected chi connectivity index (χ4v) is 3.84. The summed E-state index contributed by atoms with van der Waals surface area (Å²) in [4.78, 5) is 17.2. The molecule has 2 aromatic carbocycles. The molecule has 1 aliphatic heterocycles. The molecule has 1 saturated heterocycles. The molecule has 0 radical (unpaired) electrons. The van der Waals surface area contributed by atoms with Crippen LogP contribution in [0.1, 0.15) is 42.1 Å². The first kappa shape index (κ1) is 20.4. The van der Waals surface area contributed by atoms with Gasteiger partial charge >= 0.3 is 0 Å². The number of nitrogens with one attached hydrogen (secondary N) is 1. The zero-order valence-corrected chi connectivity index (χ0v) is 17.7. The minimum atomic E-state index is 0.0367. The maximum Gasteiger partial charge on any atom is 0.234 e. The zero-order chi connectivity index (χ0) is 20.1. The molecule has 28 heavy (non-hydrogen) atoms. The van der Waals surface area contributed by atoms with Crippen LogP contribution in [0.15, 0.2) is 42.5 Å². The second-order valence-corrected chi connectivity index (χ2v) is 7.87. The number of hydrogen-bond acceptors (Lipinski definition) is 3. The van der Waals surface area contributed by atoms with Crippen LogP contribution in [0, 0.1) is 13.8 Å². The van der Waals surface area contributed by atoms with Crippen molar-refractivity contribution in [2.24, 2.45) is 0 Å². The van der Waals surface area contributed by atoms with E-state index in [4.69, 9.17) is 0 Å². The molecule has 0 spiro atoms. The van der Waals surface area contributed by atoms with E-state index in [9.17, 15) is 4.79 Å². The molecule has 1 heterocycles. The van der Waals surface area contributed by atoms with Gasteiger partial charge in [-0.1, -0.05) is 43.3 Å². The fraction of sp³-hybridized carbons (Fsp3) is 0.458. The summed E-state index contributed by atoms with van der Waals surface area (Å²) >= 11 is 0. The number of aryl methyl sites for hydroxylation is 2. The van der Waals surface area contributed by atoms with Gasteiger partial charge in [0.15, 0.2) is 0 Å². The normalized spacial score (nSPS) is 16.1. The molecule has 0 bridgehead atoms. The van der Waals surface area contributed by atoms with E-state index in [0.717, 1.165) is 38.2 Å². The number of amides is 1. The third-order valence-corrected chi connectivity index (χ3v) is 5.92. The molecule has 4 nitrogen and oxygen atoms in total. The lowest BCUT2D eigenvalue weighted by atomic mass is 10.0. The SMILES string of the molecule is CCc1ccc([C@@H](C)NC(=O)CN2CCN(c3cccc(C)c3C)CC2)cc1. The molecule has 1 fully saturated rings. The molecule has 2 aromatic rings. The van der Waals surface area contributed by atoms with Crippen LogP contribution in [0.5, 0.6) is 0 Å². The lowest BCUT2D eigenvalue weighted by molar-refractivity contribution is -0.123. The predicted octanol–water partition coefficient (Wildman–Crippen LogP) is 3.87. The number of carbonyl (C=O) groups excluding carboxylic acids is 1. The number of nitrogens with zero attached hydrogens (tertiary/aromatic N) is 2. The van der Waals surface area contributed by atoms with Crippen molar-refractivity contribution in [2.45, 2.75) is 40.2 Å². The monoisotopic (exact) mass is 379 g/mol. The molecule has 0 unspecified atom stereocenters. The highest BCUT2D eigenvalue weighted by Gasteiger charge is 2.21. The van der Waals surface area contributed by atoms with Gasteiger partial charge in [0.1, 0.15) is 0 Å². The number of carbonyl (C=O) groups is 1. The van der Waals surface area contributed by atoms with Crippen LogP contribution < -0.4 is 10.2 Å². The Morgan fingerprint density at radius 2 is 1.71 bits per heavy atom. The molecule has 150 valence electrons. The second-order valence-electron chi connectivity index (χ2n) is 7.87. The lowest BCUT2D eigenvalue weighted by Crippen LogP contribution is -2.49. The Bertz CT molecular complexity index is 792. The van der Waals surface area contributed by atoms with Gasteiger partial charge in [0.25, 0.3) is 0 Å². The first-order chi connectivity index (χ1) is 13.5. The summed E-state index contributed by atoms with van der Waals surface area (Å²) in [6.45, 7) is 12.8. The van der Waals surface area contributed by atoms with E-state index in [1.54, 1.807) is 0 Å². The molecular weight excluding hydrogens is 346 g/mol. The van der Waals surface area contributed by atoms with E-state index in [2.05, 4.69) is 85.3 Å². The topological polar surface area (TPSA) is 35.6 Å². The highest BCUT2D eigenvalue weighted by molar-refractivity contribution is 5.78. The van der Waals surface area contributed by atoms with Crippen LogP contribution >= 0.6 is 0 Å². The first-order valence-electron chi connectivity index (χ1n) is 10.4.